The zero-order valence-electron chi connectivity index (χ0n) is 49.7. The fourth-order valence-electron chi connectivity index (χ4n) is 8.37. The summed E-state index contributed by atoms with van der Waals surface area (Å²) < 4.78 is 23.6. The molecule has 0 aromatic heterocycles. The zero-order chi connectivity index (χ0) is 55.6. The van der Waals surface area contributed by atoms with Crippen LogP contribution in [0.15, 0.2) is 122 Å². The van der Waals surface area contributed by atoms with Gasteiger partial charge in [0.05, 0.1) is 39.9 Å². The molecule has 0 radical (unpaired) electrons. The number of hydrogen-bond acceptors (Lipinski definition) is 5. The minimum atomic E-state index is -4.36. The molecule has 3 atom stereocenters. The highest BCUT2D eigenvalue weighted by Gasteiger charge is 2.27. The van der Waals surface area contributed by atoms with Crippen LogP contribution in [0.1, 0.15) is 245 Å². The van der Waals surface area contributed by atoms with Crippen LogP contribution in [0.2, 0.25) is 0 Å². The average molecular weight is 1080 g/mol. The SMILES string of the molecule is CC/C=C\C/C=C\C/C=C\C/C=C\C/C=C\C/C=C\C/C=C\C/C=C\CCCCCCCCCCCCCCCCCCC(=O)NC(COP(=O)(O)OCC[N+](C)(C)C)C(O)/C=C/CC/C=C/CCCCCCCCC. The maximum absolute atomic E-state index is 13.0. The molecule has 0 aliphatic carbocycles. The largest absolute Gasteiger partial charge is 0.472 e. The molecule has 0 aromatic carbocycles. The summed E-state index contributed by atoms with van der Waals surface area (Å²) in [6, 6.07) is -0.868. The number of quaternary nitrogens is 1. The van der Waals surface area contributed by atoms with Gasteiger partial charge in [-0.1, -0.05) is 264 Å². The van der Waals surface area contributed by atoms with Gasteiger partial charge in [-0.15, -0.1) is 0 Å². The number of aliphatic hydroxyl groups excluding tert-OH is 1. The fourth-order valence-corrected chi connectivity index (χ4v) is 9.10. The smallest absolute Gasteiger partial charge is 0.387 e. The van der Waals surface area contributed by atoms with E-state index in [2.05, 4.69) is 129 Å². The van der Waals surface area contributed by atoms with Crippen molar-refractivity contribution in [1.29, 1.82) is 0 Å². The van der Waals surface area contributed by atoms with Crippen LogP contribution in [-0.2, 0) is 18.4 Å². The van der Waals surface area contributed by atoms with Gasteiger partial charge in [0.2, 0.25) is 5.91 Å². The molecule has 3 N–H and O–H groups in total. The van der Waals surface area contributed by atoms with Gasteiger partial charge in [-0.2, -0.15) is 0 Å². The Bertz CT molecular complexity index is 1650. The van der Waals surface area contributed by atoms with Crippen molar-refractivity contribution in [3.8, 4) is 0 Å². The summed E-state index contributed by atoms with van der Waals surface area (Å²) in [5, 5.41) is 13.9. The van der Waals surface area contributed by atoms with E-state index in [1.165, 1.54) is 135 Å². The Morgan fingerprint density at radius 3 is 1.21 bits per heavy atom. The van der Waals surface area contributed by atoms with Gasteiger partial charge in [-0.05, 0) is 96.3 Å². The van der Waals surface area contributed by atoms with Crippen molar-refractivity contribution in [3.05, 3.63) is 122 Å². The Kier molecular flexibility index (Phi) is 54.3. The van der Waals surface area contributed by atoms with Crippen molar-refractivity contribution in [2.45, 2.75) is 257 Å². The molecule has 8 nitrogen and oxygen atoms in total. The lowest BCUT2D eigenvalue weighted by molar-refractivity contribution is -0.870. The number of likely N-dealkylation sites (N-methyl/N-ethyl adjacent to an activating group) is 1. The first-order valence-corrected chi connectivity index (χ1v) is 32.4. The van der Waals surface area contributed by atoms with E-state index in [-0.39, 0.29) is 19.1 Å². The number of carbonyl (C=O) groups excluding carboxylic acids is 1. The first-order valence-electron chi connectivity index (χ1n) is 30.9. The third-order valence-electron chi connectivity index (χ3n) is 13.2. The van der Waals surface area contributed by atoms with Crippen LogP contribution in [0.25, 0.3) is 0 Å². The minimum absolute atomic E-state index is 0.0524. The number of aliphatic hydroxyl groups is 1. The van der Waals surface area contributed by atoms with Crippen LogP contribution in [0.5, 0.6) is 0 Å². The number of hydrogen-bond donors (Lipinski definition) is 3. The summed E-state index contributed by atoms with van der Waals surface area (Å²) in [6.45, 7) is 4.66. The first kappa shape index (κ1) is 72.9. The Morgan fingerprint density at radius 2 is 0.803 bits per heavy atom. The van der Waals surface area contributed by atoms with Crippen molar-refractivity contribution >= 4 is 13.7 Å². The van der Waals surface area contributed by atoms with E-state index in [9.17, 15) is 19.4 Å². The van der Waals surface area contributed by atoms with Gasteiger partial charge in [0.25, 0.3) is 0 Å². The van der Waals surface area contributed by atoms with Gasteiger partial charge in [-0.25, -0.2) is 4.57 Å². The number of rotatable bonds is 55. The molecule has 0 heterocycles. The average Bonchev–Trinajstić information content (AvgIpc) is 3.38. The van der Waals surface area contributed by atoms with E-state index in [4.69, 9.17) is 9.05 Å². The van der Waals surface area contributed by atoms with Gasteiger partial charge in [0, 0.05) is 6.42 Å². The molecule has 0 saturated heterocycles. The molecule has 3 unspecified atom stereocenters. The van der Waals surface area contributed by atoms with E-state index in [1.54, 1.807) is 6.08 Å². The highest BCUT2D eigenvalue weighted by molar-refractivity contribution is 7.47. The van der Waals surface area contributed by atoms with Crippen LogP contribution < -0.4 is 5.32 Å². The molecule has 0 aliphatic rings. The van der Waals surface area contributed by atoms with Gasteiger partial charge in [0.15, 0.2) is 0 Å². The van der Waals surface area contributed by atoms with Crippen molar-refractivity contribution < 1.29 is 32.9 Å². The van der Waals surface area contributed by atoms with Crippen LogP contribution in [0.4, 0.5) is 0 Å². The van der Waals surface area contributed by atoms with Gasteiger partial charge < -0.3 is 19.8 Å². The van der Waals surface area contributed by atoms with Crippen molar-refractivity contribution in [1.82, 2.24) is 5.32 Å². The topological polar surface area (TPSA) is 105 Å². The summed E-state index contributed by atoms with van der Waals surface area (Å²) >= 11 is 0. The minimum Gasteiger partial charge on any atom is -0.387 e. The molecule has 76 heavy (non-hydrogen) atoms. The van der Waals surface area contributed by atoms with Crippen LogP contribution in [-0.4, -0.2) is 73.4 Å². The maximum atomic E-state index is 13.0. The summed E-state index contributed by atoms with van der Waals surface area (Å²) in [5.74, 6) is -0.190. The number of unbranched alkanes of at least 4 members (excludes halogenated alkanes) is 24. The lowest BCUT2D eigenvalue weighted by Gasteiger charge is -2.25. The molecule has 0 rings (SSSR count). The number of allylic oxidation sites excluding steroid dienone is 19. The maximum Gasteiger partial charge on any atom is 0.472 e. The van der Waals surface area contributed by atoms with Crippen LogP contribution in [0.3, 0.4) is 0 Å². The Morgan fingerprint density at radius 1 is 0.461 bits per heavy atom. The quantitative estimate of drug-likeness (QED) is 0.0243. The molecule has 0 fully saturated rings. The predicted octanol–water partition coefficient (Wildman–Crippen LogP) is 19.3. The second-order valence-electron chi connectivity index (χ2n) is 21.7. The van der Waals surface area contributed by atoms with Crippen LogP contribution >= 0.6 is 7.82 Å². The van der Waals surface area contributed by atoms with E-state index < -0.39 is 20.0 Å². The molecule has 0 aliphatic heterocycles. The molecular formula is C67H118N2O6P+. The van der Waals surface area contributed by atoms with Gasteiger partial charge in [-0.3, -0.25) is 13.8 Å². The molecule has 0 saturated carbocycles. The van der Waals surface area contributed by atoms with Crippen molar-refractivity contribution in [3.63, 3.8) is 0 Å². The number of nitrogens with one attached hydrogen (secondary N) is 1. The molecule has 0 bridgehead atoms. The first-order chi connectivity index (χ1) is 37.0. The Hall–Kier alpha value is -3.10. The van der Waals surface area contributed by atoms with Crippen molar-refractivity contribution in [2.24, 2.45) is 0 Å². The predicted molar refractivity (Wildman–Crippen MR) is 332 cm³/mol. The lowest BCUT2D eigenvalue weighted by atomic mass is 10.0. The lowest BCUT2D eigenvalue weighted by Crippen LogP contribution is -2.45. The monoisotopic (exact) mass is 1080 g/mol. The summed E-state index contributed by atoms with van der Waals surface area (Å²) in [5.41, 5.74) is 0. The second kappa shape index (κ2) is 56.6. The van der Waals surface area contributed by atoms with E-state index >= 15 is 0 Å². The molecule has 0 aromatic rings. The van der Waals surface area contributed by atoms with Gasteiger partial charge in [0.1, 0.15) is 13.2 Å². The zero-order valence-corrected chi connectivity index (χ0v) is 50.6. The second-order valence-corrected chi connectivity index (χ2v) is 23.1. The van der Waals surface area contributed by atoms with Gasteiger partial charge >= 0.3 is 7.82 Å². The van der Waals surface area contributed by atoms with E-state index in [0.717, 1.165) is 89.9 Å². The highest BCUT2D eigenvalue weighted by Crippen LogP contribution is 2.43. The fraction of sp³-hybridized carbons (Fsp3) is 0.687. The standard InChI is InChI=1S/C67H117N2O6P/c1-6-8-10-12-14-16-18-20-21-22-23-24-25-26-27-28-29-30-31-32-33-34-35-36-37-38-39-40-41-42-43-44-45-46-47-49-51-53-55-57-59-61-67(71)68-65(64-75-76(72,73)74-63-62-69(3,4)5)66(70)60-58-56-54-52-50-48-19-17-15-13-11-9-7-2/h8,10,14,16,20-21,23-24,26-27,29-30,32-33,35-36,50,52,58,60,65-66,70H,6-7,9,11-13,15,17-19,22,25,28,31,34,37-49,51,53-57,59,61-64H2,1-5H3,(H-,68,71,72,73)/p+1/b10-8-,16-14-,21-20-,24-23-,27-26-,30-29-,33-32-,36-35-,52-50+,60-58+. The van der Waals surface area contributed by atoms with Crippen molar-refractivity contribution in [2.75, 3.05) is 40.9 Å². The molecule has 1 amide bonds. The molecular weight excluding hydrogens is 960 g/mol. The number of carbonyl (C=O) groups is 1. The normalized spacial score (nSPS) is 14.7. The Labute approximate surface area is 469 Å². The highest BCUT2D eigenvalue weighted by atomic mass is 31.2. The summed E-state index contributed by atoms with van der Waals surface area (Å²) in [7, 11) is 1.55. The molecule has 436 valence electrons. The summed E-state index contributed by atoms with van der Waals surface area (Å²) in [6.07, 6.45) is 84.7. The number of phosphoric acid groups is 1. The third kappa shape index (κ3) is 58.6. The summed E-state index contributed by atoms with van der Waals surface area (Å²) in [4.78, 5) is 23.3. The number of phosphoric ester groups is 1. The van der Waals surface area contributed by atoms with Crippen LogP contribution in [0, 0.1) is 0 Å². The van der Waals surface area contributed by atoms with E-state index in [1.807, 2.05) is 27.2 Å². The van der Waals surface area contributed by atoms with E-state index in [0.29, 0.717) is 17.4 Å². The third-order valence-corrected chi connectivity index (χ3v) is 14.1. The Balaban J connectivity index is 4.00. The molecule has 0 spiro atoms. The molecule has 9 heteroatoms. The number of amides is 1. The number of nitrogens with zero attached hydrogens (tertiary/aromatic N) is 1.